The van der Waals surface area contributed by atoms with Crippen LogP contribution in [0, 0.1) is 0 Å². The number of nitrogens with zero attached hydrogens (tertiary/aromatic N) is 2. The van der Waals surface area contributed by atoms with E-state index < -0.39 is 9.70 Å². The molecule has 116 valence electrons. The zero-order valence-corrected chi connectivity index (χ0v) is 14.2. The zero-order chi connectivity index (χ0) is 15.9. The van der Waals surface area contributed by atoms with Crippen molar-refractivity contribution in [2.75, 3.05) is 6.54 Å². The molecule has 1 aromatic heterocycles. The predicted octanol–water partition coefficient (Wildman–Crippen LogP) is 4.25. The van der Waals surface area contributed by atoms with Gasteiger partial charge in [0.25, 0.3) is 9.70 Å². The van der Waals surface area contributed by atoms with Gasteiger partial charge in [-0.3, -0.25) is 4.79 Å². The molecule has 8 heteroatoms. The van der Waals surface area contributed by atoms with Crippen LogP contribution in [-0.2, 0) is 17.8 Å². The summed E-state index contributed by atoms with van der Waals surface area (Å²) >= 11 is 22.9. The molecule has 2 heterocycles. The molecule has 0 saturated heterocycles. The average Bonchev–Trinajstić information content (AvgIpc) is 2.89. The van der Waals surface area contributed by atoms with Gasteiger partial charge in [0.15, 0.2) is 5.76 Å². The molecule has 0 radical (unpaired) electrons. The molecule has 4 nitrogen and oxygen atoms in total. The van der Waals surface area contributed by atoms with Crippen molar-refractivity contribution in [3.63, 3.8) is 0 Å². The maximum Gasteiger partial charge on any atom is 0.275 e. The summed E-state index contributed by atoms with van der Waals surface area (Å²) in [5.41, 5.74) is 2.48. The Bertz CT molecular complexity index is 707. The van der Waals surface area contributed by atoms with Gasteiger partial charge >= 0.3 is 0 Å². The number of carbonyl (C=O) groups excluding carboxylic acids is 1. The van der Waals surface area contributed by atoms with E-state index in [0.29, 0.717) is 30.3 Å². The van der Waals surface area contributed by atoms with Gasteiger partial charge < -0.3 is 9.42 Å². The van der Waals surface area contributed by atoms with E-state index >= 15 is 0 Å². The topological polar surface area (TPSA) is 46.3 Å². The molecule has 0 bridgehead atoms. The summed E-state index contributed by atoms with van der Waals surface area (Å²) in [6, 6.07) is 7.19. The zero-order valence-electron chi connectivity index (χ0n) is 11.2. The van der Waals surface area contributed by atoms with Crippen LogP contribution in [0.5, 0.6) is 0 Å². The molecule has 0 aliphatic carbocycles. The predicted molar refractivity (Wildman–Crippen MR) is 86.4 cm³/mol. The van der Waals surface area contributed by atoms with Crippen molar-refractivity contribution in [1.29, 1.82) is 0 Å². The molecule has 3 rings (SSSR count). The first kappa shape index (κ1) is 15.9. The summed E-state index contributed by atoms with van der Waals surface area (Å²) < 4.78 is 3.46. The maximum atomic E-state index is 12.1. The smallest absolute Gasteiger partial charge is 0.275 e. The van der Waals surface area contributed by atoms with Crippen LogP contribution in [0.15, 0.2) is 28.8 Å². The van der Waals surface area contributed by atoms with Gasteiger partial charge in [0.1, 0.15) is 0 Å². The first-order valence-corrected chi connectivity index (χ1v) is 7.97. The van der Waals surface area contributed by atoms with Gasteiger partial charge in [-0.15, -0.1) is 0 Å². The molecule has 1 amide bonds. The van der Waals surface area contributed by atoms with Crippen LogP contribution in [0.2, 0.25) is 5.02 Å². The van der Waals surface area contributed by atoms with E-state index in [1.807, 2.05) is 12.1 Å². The van der Waals surface area contributed by atoms with Crippen molar-refractivity contribution in [1.82, 2.24) is 10.1 Å². The average molecular weight is 380 g/mol. The highest BCUT2D eigenvalue weighted by Crippen LogP contribution is 2.34. The van der Waals surface area contributed by atoms with Crippen LogP contribution >= 0.6 is 46.4 Å². The summed E-state index contributed by atoms with van der Waals surface area (Å²) in [6.07, 6.45) is 0.554. The third kappa shape index (κ3) is 3.06. The van der Waals surface area contributed by atoms with Crippen molar-refractivity contribution < 1.29 is 9.32 Å². The van der Waals surface area contributed by atoms with Gasteiger partial charge in [0, 0.05) is 29.1 Å². The first-order chi connectivity index (χ1) is 10.4. The summed E-state index contributed by atoms with van der Waals surface area (Å²) in [7, 11) is 0. The molecule has 0 fully saturated rings. The maximum absolute atomic E-state index is 12.1. The lowest BCUT2D eigenvalue weighted by atomic mass is 10.0. The second-order valence-corrected chi connectivity index (χ2v) is 7.64. The van der Waals surface area contributed by atoms with E-state index in [4.69, 9.17) is 50.9 Å². The lowest BCUT2D eigenvalue weighted by Gasteiger charge is -2.28. The Hall–Kier alpha value is -0.940. The Morgan fingerprint density at radius 1 is 1.23 bits per heavy atom. The van der Waals surface area contributed by atoms with Crippen LogP contribution in [0.3, 0.4) is 0 Å². The van der Waals surface area contributed by atoms with Gasteiger partial charge in [-0.25, -0.2) is 0 Å². The Morgan fingerprint density at radius 2 is 1.91 bits per heavy atom. The second kappa shape index (κ2) is 5.93. The number of fused-ring (bicyclic) bond motifs is 1. The van der Waals surface area contributed by atoms with E-state index in [1.165, 1.54) is 4.90 Å². The van der Waals surface area contributed by atoms with E-state index in [2.05, 4.69) is 5.16 Å². The molecule has 0 spiro atoms. The number of rotatable bonds is 1. The molecule has 0 N–H and O–H groups in total. The first-order valence-electron chi connectivity index (χ1n) is 6.45. The van der Waals surface area contributed by atoms with Gasteiger partial charge in [-0.2, -0.15) is 0 Å². The summed E-state index contributed by atoms with van der Waals surface area (Å²) in [6.45, 7) is 0.732. The van der Waals surface area contributed by atoms with Crippen LogP contribution in [-0.4, -0.2) is 26.3 Å². The van der Waals surface area contributed by atoms with Crippen LogP contribution in [0.25, 0.3) is 11.3 Å². The van der Waals surface area contributed by atoms with Crippen molar-refractivity contribution in [2.45, 2.75) is 16.8 Å². The fraction of sp³-hybridized carbons (Fsp3) is 0.286. The van der Waals surface area contributed by atoms with Crippen LogP contribution in [0.1, 0.15) is 11.3 Å². The summed E-state index contributed by atoms with van der Waals surface area (Å²) in [4.78, 5) is 13.6. The van der Waals surface area contributed by atoms with Crippen molar-refractivity contribution in [3.05, 3.63) is 40.5 Å². The molecular formula is C14H10Cl4N2O2. The highest BCUT2D eigenvalue weighted by atomic mass is 35.6. The molecule has 0 atom stereocenters. The van der Waals surface area contributed by atoms with E-state index in [1.54, 1.807) is 12.1 Å². The minimum atomic E-state index is -1.96. The quantitative estimate of drug-likeness (QED) is 0.695. The highest BCUT2D eigenvalue weighted by Gasteiger charge is 2.38. The Morgan fingerprint density at radius 3 is 2.55 bits per heavy atom. The molecule has 2 aromatic rings. The van der Waals surface area contributed by atoms with Gasteiger partial charge in [-0.05, 0) is 24.3 Å². The number of carbonyl (C=O) groups is 1. The Balaban J connectivity index is 1.92. The SMILES string of the molecule is O=C(N1CCc2noc(-c3ccc(Cl)cc3)c2C1)C(Cl)(Cl)Cl. The Kier molecular flexibility index (Phi) is 4.29. The standard InChI is InChI=1S/C14H10Cl4N2O2/c15-9-3-1-8(2-4-9)12-10-7-20(13(21)14(16,17)18)6-5-11(10)19-22-12/h1-4H,5-7H2. The molecular weight excluding hydrogens is 370 g/mol. The van der Waals surface area contributed by atoms with E-state index in [0.717, 1.165) is 16.8 Å². The van der Waals surface area contributed by atoms with Crippen molar-refractivity contribution in [3.8, 4) is 11.3 Å². The van der Waals surface area contributed by atoms with Crippen molar-refractivity contribution in [2.24, 2.45) is 0 Å². The number of halogens is 4. The normalized spacial score (nSPS) is 14.8. The van der Waals surface area contributed by atoms with E-state index in [9.17, 15) is 4.79 Å². The number of alkyl halides is 3. The molecule has 22 heavy (non-hydrogen) atoms. The van der Waals surface area contributed by atoms with Gasteiger partial charge in [0.05, 0.1) is 12.2 Å². The number of hydrogen-bond acceptors (Lipinski definition) is 3. The lowest BCUT2D eigenvalue weighted by molar-refractivity contribution is -0.131. The molecule has 1 aliphatic rings. The molecule has 1 aliphatic heterocycles. The number of amides is 1. The number of hydrogen-bond donors (Lipinski definition) is 0. The number of aromatic nitrogens is 1. The van der Waals surface area contributed by atoms with Crippen LogP contribution < -0.4 is 0 Å². The third-order valence-electron chi connectivity index (χ3n) is 3.47. The molecule has 1 aromatic carbocycles. The van der Waals surface area contributed by atoms with Gasteiger partial charge in [0.2, 0.25) is 0 Å². The third-order valence-corrected chi connectivity index (χ3v) is 4.21. The highest BCUT2D eigenvalue weighted by molar-refractivity contribution is 6.76. The van der Waals surface area contributed by atoms with E-state index in [-0.39, 0.29) is 0 Å². The minimum Gasteiger partial charge on any atom is -0.356 e. The minimum absolute atomic E-state index is 0.295. The fourth-order valence-corrected chi connectivity index (χ4v) is 2.88. The second-order valence-electron chi connectivity index (χ2n) is 4.92. The summed E-state index contributed by atoms with van der Waals surface area (Å²) in [5, 5.41) is 4.70. The molecule has 0 unspecified atom stereocenters. The number of benzene rings is 1. The van der Waals surface area contributed by atoms with Crippen LogP contribution in [0.4, 0.5) is 0 Å². The lowest BCUT2D eigenvalue weighted by Crippen LogP contribution is -2.42. The fourth-order valence-electron chi connectivity index (χ4n) is 2.39. The Labute approximate surface area is 146 Å². The van der Waals surface area contributed by atoms with Crippen molar-refractivity contribution >= 4 is 52.3 Å². The molecule has 0 saturated carbocycles. The largest absolute Gasteiger partial charge is 0.356 e. The summed E-state index contributed by atoms with van der Waals surface area (Å²) in [5.74, 6) is 0.0555. The van der Waals surface area contributed by atoms with Gasteiger partial charge in [-0.1, -0.05) is 51.6 Å². The monoisotopic (exact) mass is 378 g/mol.